The molecule has 0 atom stereocenters. The van der Waals surface area contributed by atoms with Gasteiger partial charge in [-0.05, 0) is 18.6 Å². The van der Waals surface area contributed by atoms with Gasteiger partial charge in [-0.3, -0.25) is 9.59 Å². The SMILES string of the molecule is Cc1cnc(CN(C)C(=O)c2cnc3c(c2)N(Cc2ccccc2)C(=O)CN3)[nH]1. The van der Waals surface area contributed by atoms with E-state index in [9.17, 15) is 9.59 Å². The van der Waals surface area contributed by atoms with Gasteiger partial charge in [0, 0.05) is 25.1 Å². The van der Waals surface area contributed by atoms with Gasteiger partial charge in [-0.2, -0.15) is 0 Å². The average Bonchev–Trinajstić information content (AvgIpc) is 3.14. The van der Waals surface area contributed by atoms with Gasteiger partial charge in [-0.25, -0.2) is 9.97 Å². The topological polar surface area (TPSA) is 94.2 Å². The lowest BCUT2D eigenvalue weighted by molar-refractivity contribution is -0.117. The molecule has 148 valence electrons. The van der Waals surface area contributed by atoms with Gasteiger partial charge in [-0.1, -0.05) is 30.3 Å². The summed E-state index contributed by atoms with van der Waals surface area (Å²) in [5.74, 6) is 1.06. The van der Waals surface area contributed by atoms with Crippen LogP contribution in [0.25, 0.3) is 0 Å². The maximum atomic E-state index is 12.9. The third kappa shape index (κ3) is 3.96. The highest BCUT2D eigenvalue weighted by molar-refractivity contribution is 6.04. The molecule has 2 aromatic heterocycles. The molecule has 4 rings (SSSR count). The zero-order valence-electron chi connectivity index (χ0n) is 16.3. The lowest BCUT2D eigenvalue weighted by atomic mass is 10.1. The molecule has 0 fully saturated rings. The highest BCUT2D eigenvalue weighted by Gasteiger charge is 2.27. The van der Waals surface area contributed by atoms with Gasteiger partial charge in [0.05, 0.1) is 30.9 Å². The second kappa shape index (κ2) is 7.75. The van der Waals surface area contributed by atoms with Crippen molar-refractivity contribution >= 4 is 23.3 Å². The van der Waals surface area contributed by atoms with Crippen molar-refractivity contribution in [1.82, 2.24) is 19.9 Å². The molecule has 0 bridgehead atoms. The van der Waals surface area contributed by atoms with E-state index < -0.39 is 0 Å². The van der Waals surface area contributed by atoms with E-state index in [-0.39, 0.29) is 18.4 Å². The van der Waals surface area contributed by atoms with E-state index in [1.807, 2.05) is 37.3 Å². The summed E-state index contributed by atoms with van der Waals surface area (Å²) in [5, 5.41) is 3.02. The summed E-state index contributed by atoms with van der Waals surface area (Å²) in [6.07, 6.45) is 3.27. The summed E-state index contributed by atoms with van der Waals surface area (Å²) >= 11 is 0. The molecule has 2 amide bonds. The molecule has 0 aliphatic carbocycles. The van der Waals surface area contributed by atoms with Crippen LogP contribution in [-0.4, -0.2) is 45.3 Å². The predicted octanol–water partition coefficient (Wildman–Crippen LogP) is 2.34. The first kappa shape index (κ1) is 18.7. The number of carbonyl (C=O) groups excluding carboxylic acids is 2. The number of pyridine rings is 1. The molecule has 2 N–H and O–H groups in total. The van der Waals surface area contributed by atoms with E-state index in [2.05, 4.69) is 20.3 Å². The van der Waals surface area contributed by atoms with E-state index >= 15 is 0 Å². The van der Waals surface area contributed by atoms with Gasteiger partial charge in [0.2, 0.25) is 5.91 Å². The largest absolute Gasteiger partial charge is 0.359 e. The van der Waals surface area contributed by atoms with Crippen molar-refractivity contribution in [3.63, 3.8) is 0 Å². The quantitative estimate of drug-likeness (QED) is 0.697. The Morgan fingerprint density at radius 3 is 2.72 bits per heavy atom. The maximum absolute atomic E-state index is 12.9. The Balaban J connectivity index is 1.58. The first-order chi connectivity index (χ1) is 14.0. The molecule has 1 aliphatic heterocycles. The number of imidazole rings is 1. The van der Waals surface area contributed by atoms with Crippen LogP contribution < -0.4 is 10.2 Å². The van der Waals surface area contributed by atoms with Gasteiger partial charge >= 0.3 is 0 Å². The summed E-state index contributed by atoms with van der Waals surface area (Å²) in [4.78, 5) is 40.4. The van der Waals surface area contributed by atoms with E-state index in [1.165, 1.54) is 6.20 Å². The van der Waals surface area contributed by atoms with Gasteiger partial charge in [-0.15, -0.1) is 0 Å². The Kier molecular flexibility index (Phi) is 4.99. The Hall–Kier alpha value is -3.68. The van der Waals surface area contributed by atoms with Gasteiger partial charge < -0.3 is 20.1 Å². The Labute approximate surface area is 168 Å². The van der Waals surface area contributed by atoms with Gasteiger partial charge in [0.25, 0.3) is 5.91 Å². The molecule has 3 aromatic rings. The number of H-pyrrole nitrogens is 1. The zero-order chi connectivity index (χ0) is 20.4. The number of benzene rings is 1. The molecular formula is C21H22N6O2. The van der Waals surface area contributed by atoms with Crippen molar-refractivity contribution < 1.29 is 9.59 Å². The number of aromatic amines is 1. The van der Waals surface area contributed by atoms with E-state index in [0.717, 1.165) is 11.3 Å². The number of carbonyl (C=O) groups is 2. The van der Waals surface area contributed by atoms with Gasteiger partial charge in [0.15, 0.2) is 5.82 Å². The predicted molar refractivity (Wildman–Crippen MR) is 109 cm³/mol. The lowest BCUT2D eigenvalue weighted by Crippen LogP contribution is -2.40. The van der Waals surface area contributed by atoms with Crippen LogP contribution in [0.4, 0.5) is 11.5 Å². The fourth-order valence-electron chi connectivity index (χ4n) is 3.30. The molecule has 8 heteroatoms. The molecule has 0 saturated heterocycles. The van der Waals surface area contributed by atoms with Crippen molar-refractivity contribution in [2.24, 2.45) is 0 Å². The van der Waals surface area contributed by atoms with Crippen LogP contribution >= 0.6 is 0 Å². The number of anilines is 2. The zero-order valence-corrected chi connectivity index (χ0v) is 16.3. The number of fused-ring (bicyclic) bond motifs is 1. The fraction of sp³-hybridized carbons (Fsp3) is 0.238. The number of aromatic nitrogens is 3. The molecule has 1 aromatic carbocycles. The van der Waals surface area contributed by atoms with Crippen molar-refractivity contribution in [2.45, 2.75) is 20.0 Å². The third-order valence-electron chi connectivity index (χ3n) is 4.79. The number of nitrogens with one attached hydrogen (secondary N) is 2. The standard InChI is InChI=1S/C21H22N6O2/c1-14-9-22-18(25-14)13-26(2)21(29)16-8-17-20(23-10-16)24-11-19(28)27(17)12-15-6-4-3-5-7-15/h3-10H,11-13H2,1-2H3,(H,22,25)(H,23,24). The molecule has 29 heavy (non-hydrogen) atoms. The second-order valence-electron chi connectivity index (χ2n) is 7.08. The van der Waals surface area contributed by atoms with Crippen LogP contribution in [0.15, 0.2) is 48.8 Å². The Bertz CT molecular complexity index is 1050. The molecular weight excluding hydrogens is 368 g/mol. The lowest BCUT2D eigenvalue weighted by Gasteiger charge is -2.30. The summed E-state index contributed by atoms with van der Waals surface area (Å²) in [6, 6.07) is 11.5. The Morgan fingerprint density at radius 1 is 1.21 bits per heavy atom. The molecule has 0 radical (unpaired) electrons. The molecule has 1 aliphatic rings. The van der Waals surface area contributed by atoms with Crippen molar-refractivity contribution in [3.05, 3.63) is 71.4 Å². The fourth-order valence-corrected chi connectivity index (χ4v) is 3.30. The van der Waals surface area contributed by atoms with Crippen LogP contribution in [0.5, 0.6) is 0 Å². The van der Waals surface area contributed by atoms with E-state index in [4.69, 9.17) is 0 Å². The van der Waals surface area contributed by atoms with Gasteiger partial charge in [0.1, 0.15) is 5.82 Å². The normalized spacial score (nSPS) is 13.0. The summed E-state index contributed by atoms with van der Waals surface area (Å²) < 4.78 is 0. The average molecular weight is 390 g/mol. The number of aryl methyl sites for hydroxylation is 1. The van der Waals surface area contributed by atoms with Crippen molar-refractivity contribution in [2.75, 3.05) is 23.8 Å². The minimum absolute atomic E-state index is 0.0628. The molecule has 8 nitrogen and oxygen atoms in total. The first-order valence-corrected chi connectivity index (χ1v) is 9.35. The Morgan fingerprint density at radius 2 is 2.00 bits per heavy atom. The van der Waals surface area contributed by atoms with E-state index in [0.29, 0.717) is 36.0 Å². The van der Waals surface area contributed by atoms with Crippen LogP contribution in [0, 0.1) is 6.92 Å². The maximum Gasteiger partial charge on any atom is 0.255 e. The molecule has 3 heterocycles. The van der Waals surface area contributed by atoms with Crippen LogP contribution in [0.1, 0.15) is 27.4 Å². The number of rotatable bonds is 5. The highest BCUT2D eigenvalue weighted by Crippen LogP contribution is 2.30. The molecule has 0 saturated carbocycles. The molecule has 0 spiro atoms. The number of hydrogen-bond donors (Lipinski definition) is 2. The van der Waals surface area contributed by atoms with E-state index in [1.54, 1.807) is 29.1 Å². The highest BCUT2D eigenvalue weighted by atomic mass is 16.2. The summed E-state index contributed by atoms with van der Waals surface area (Å²) in [5.41, 5.74) is 2.98. The first-order valence-electron chi connectivity index (χ1n) is 9.35. The smallest absolute Gasteiger partial charge is 0.255 e. The van der Waals surface area contributed by atoms with Crippen molar-refractivity contribution in [1.29, 1.82) is 0 Å². The van der Waals surface area contributed by atoms with Crippen LogP contribution in [-0.2, 0) is 17.9 Å². The minimum atomic E-state index is -0.188. The number of amides is 2. The van der Waals surface area contributed by atoms with Crippen LogP contribution in [0.2, 0.25) is 0 Å². The number of nitrogens with zero attached hydrogens (tertiary/aromatic N) is 4. The monoisotopic (exact) mass is 390 g/mol. The minimum Gasteiger partial charge on any atom is -0.359 e. The van der Waals surface area contributed by atoms with Crippen LogP contribution in [0.3, 0.4) is 0 Å². The van der Waals surface area contributed by atoms with Crippen molar-refractivity contribution in [3.8, 4) is 0 Å². The second-order valence-corrected chi connectivity index (χ2v) is 7.08. The summed E-state index contributed by atoms with van der Waals surface area (Å²) in [7, 11) is 1.71. The third-order valence-corrected chi connectivity index (χ3v) is 4.79. The molecule has 0 unspecified atom stereocenters. The summed E-state index contributed by atoms with van der Waals surface area (Å²) in [6.45, 7) is 2.87. The number of hydrogen-bond acceptors (Lipinski definition) is 5.